The zero-order valence-corrected chi connectivity index (χ0v) is 17.3. The van der Waals surface area contributed by atoms with Gasteiger partial charge in [0.2, 0.25) is 0 Å². The van der Waals surface area contributed by atoms with E-state index in [2.05, 4.69) is 5.16 Å². The predicted octanol–water partition coefficient (Wildman–Crippen LogP) is 4.35. The summed E-state index contributed by atoms with van der Waals surface area (Å²) in [4.78, 5) is 17.5. The van der Waals surface area contributed by atoms with Crippen LogP contribution in [0.2, 0.25) is 5.02 Å². The summed E-state index contributed by atoms with van der Waals surface area (Å²) in [7, 11) is 4.07. The molecule has 0 radical (unpaired) electrons. The van der Waals surface area contributed by atoms with Crippen molar-refractivity contribution in [2.45, 2.75) is 6.61 Å². The lowest BCUT2D eigenvalue weighted by atomic mass is 10.0. The first-order valence-corrected chi connectivity index (χ1v) is 9.02. The van der Waals surface area contributed by atoms with Crippen LogP contribution in [0, 0.1) is 11.6 Å². The molecule has 0 aliphatic heterocycles. The second-order valence-electron chi connectivity index (χ2n) is 5.90. The van der Waals surface area contributed by atoms with E-state index in [0.29, 0.717) is 21.7 Å². The van der Waals surface area contributed by atoms with Crippen molar-refractivity contribution in [1.29, 1.82) is 0 Å². The summed E-state index contributed by atoms with van der Waals surface area (Å²) in [5.74, 6) is -2.61. The first-order chi connectivity index (χ1) is 14.4. The summed E-state index contributed by atoms with van der Waals surface area (Å²) in [6.45, 7) is -0.124. The summed E-state index contributed by atoms with van der Waals surface area (Å²) >= 11 is 6.29. The summed E-state index contributed by atoms with van der Waals surface area (Å²) < 4.78 is 41.6. The van der Waals surface area contributed by atoms with E-state index < -0.39 is 17.6 Å². The van der Waals surface area contributed by atoms with Crippen molar-refractivity contribution in [2.24, 2.45) is 5.16 Å². The number of nitrogens with zero attached hydrogens (tertiary/aromatic N) is 1. The minimum Gasteiger partial charge on any atom is -0.503 e. The van der Waals surface area contributed by atoms with Crippen LogP contribution in [0.15, 0.2) is 47.8 Å². The fourth-order valence-corrected chi connectivity index (χ4v) is 2.79. The van der Waals surface area contributed by atoms with Gasteiger partial charge in [-0.1, -0.05) is 28.9 Å². The Bertz CT molecular complexity index is 962. The highest BCUT2D eigenvalue weighted by Gasteiger charge is 2.19. The van der Waals surface area contributed by atoms with Gasteiger partial charge in [0.05, 0.1) is 27.1 Å². The Morgan fingerprint density at radius 2 is 1.90 bits per heavy atom. The molecule has 0 saturated carbocycles. The first kappa shape index (κ1) is 23.3. The Balaban J connectivity index is 2.34. The lowest BCUT2D eigenvalue weighted by Gasteiger charge is -2.13. The Morgan fingerprint density at radius 3 is 2.53 bits per heavy atom. The Hall–Kier alpha value is -2.97. The van der Waals surface area contributed by atoms with Crippen LogP contribution in [0.5, 0.6) is 0 Å². The second kappa shape index (κ2) is 11.3. The van der Waals surface area contributed by atoms with Gasteiger partial charge in [-0.05, 0) is 24.3 Å². The number of hydrogen-bond acceptors (Lipinski definition) is 6. The number of carbonyl (C=O) groups excluding carboxylic acids is 1. The molecule has 160 valence electrons. The molecule has 0 spiro atoms. The van der Waals surface area contributed by atoms with Crippen LogP contribution < -0.4 is 0 Å². The van der Waals surface area contributed by atoms with Gasteiger partial charge in [-0.25, -0.2) is 13.6 Å². The lowest BCUT2D eigenvalue weighted by molar-refractivity contribution is -0.133. The SMILES string of the molecule is CO/C=C(/C(=O)OC)c1cccc(Cl)c1CO/N=C(\COC)c1ccc(F)c(F)c1. The molecule has 0 aliphatic rings. The number of halogens is 3. The van der Waals surface area contributed by atoms with E-state index in [4.69, 9.17) is 30.6 Å². The molecule has 0 saturated heterocycles. The molecular weight excluding hydrogens is 420 g/mol. The molecule has 0 atom stereocenters. The average Bonchev–Trinajstić information content (AvgIpc) is 2.74. The van der Waals surface area contributed by atoms with E-state index in [1.165, 1.54) is 33.7 Å². The van der Waals surface area contributed by atoms with Crippen LogP contribution in [-0.4, -0.2) is 39.6 Å². The van der Waals surface area contributed by atoms with Crippen LogP contribution >= 0.6 is 11.6 Å². The van der Waals surface area contributed by atoms with Gasteiger partial charge >= 0.3 is 5.97 Å². The predicted molar refractivity (Wildman–Crippen MR) is 108 cm³/mol. The van der Waals surface area contributed by atoms with E-state index in [1.54, 1.807) is 18.2 Å². The molecule has 2 aromatic carbocycles. The Morgan fingerprint density at radius 1 is 1.13 bits per heavy atom. The molecule has 0 aliphatic carbocycles. The van der Waals surface area contributed by atoms with E-state index in [0.717, 1.165) is 12.1 Å². The number of esters is 1. The second-order valence-corrected chi connectivity index (χ2v) is 6.31. The standard InChI is InChI=1S/C21H20ClF2NO5/c1-27-10-16(21(26)29-3)14-5-4-6-17(22)15(14)11-30-25-20(12-28-2)13-7-8-18(23)19(24)9-13/h4-10H,11-12H2,1-3H3/b16-10+,25-20+. The summed E-state index contributed by atoms with van der Waals surface area (Å²) in [6.07, 6.45) is 1.24. The van der Waals surface area contributed by atoms with E-state index in [-0.39, 0.29) is 24.5 Å². The third-order valence-corrected chi connectivity index (χ3v) is 4.32. The molecule has 0 N–H and O–H groups in total. The van der Waals surface area contributed by atoms with Gasteiger partial charge in [-0.3, -0.25) is 0 Å². The minimum absolute atomic E-state index is 0.00254. The van der Waals surface area contributed by atoms with Gasteiger partial charge < -0.3 is 19.0 Å². The first-order valence-electron chi connectivity index (χ1n) is 8.65. The number of oxime groups is 1. The summed E-state index contributed by atoms with van der Waals surface area (Å²) in [5, 5.41) is 4.31. The zero-order chi connectivity index (χ0) is 22.1. The highest BCUT2D eigenvalue weighted by Crippen LogP contribution is 2.28. The van der Waals surface area contributed by atoms with E-state index in [1.807, 2.05) is 0 Å². The van der Waals surface area contributed by atoms with Crippen molar-refractivity contribution in [1.82, 2.24) is 0 Å². The van der Waals surface area contributed by atoms with Crippen LogP contribution in [0.4, 0.5) is 8.78 Å². The van der Waals surface area contributed by atoms with Gasteiger partial charge in [0.1, 0.15) is 17.9 Å². The quantitative estimate of drug-likeness (QED) is 0.191. The fraction of sp³-hybridized carbons (Fsp3) is 0.238. The number of rotatable bonds is 9. The van der Waals surface area contributed by atoms with Crippen molar-refractivity contribution in [3.05, 3.63) is 76.0 Å². The molecule has 30 heavy (non-hydrogen) atoms. The molecule has 0 unspecified atom stereocenters. The monoisotopic (exact) mass is 439 g/mol. The van der Waals surface area contributed by atoms with Crippen molar-refractivity contribution >= 4 is 28.9 Å². The number of methoxy groups -OCH3 is 3. The number of carbonyl (C=O) groups is 1. The smallest absolute Gasteiger partial charge is 0.341 e. The van der Waals surface area contributed by atoms with Crippen molar-refractivity contribution in [3.8, 4) is 0 Å². The Kier molecular flexibility index (Phi) is 8.76. The maximum absolute atomic E-state index is 13.6. The summed E-state index contributed by atoms with van der Waals surface area (Å²) in [5.41, 5.74) is 1.57. The van der Waals surface area contributed by atoms with Gasteiger partial charge in [0.25, 0.3) is 0 Å². The third kappa shape index (κ3) is 5.77. The largest absolute Gasteiger partial charge is 0.503 e. The zero-order valence-electron chi connectivity index (χ0n) is 16.6. The lowest BCUT2D eigenvalue weighted by Crippen LogP contribution is -2.11. The molecular formula is C21H20ClF2NO5. The molecule has 2 aromatic rings. The van der Waals surface area contributed by atoms with Crippen LogP contribution in [0.3, 0.4) is 0 Å². The molecule has 0 bridgehead atoms. The van der Waals surface area contributed by atoms with E-state index >= 15 is 0 Å². The average molecular weight is 440 g/mol. The van der Waals surface area contributed by atoms with Crippen LogP contribution in [0.1, 0.15) is 16.7 Å². The van der Waals surface area contributed by atoms with Crippen LogP contribution in [0.25, 0.3) is 5.57 Å². The molecule has 2 rings (SSSR count). The number of hydrogen-bond donors (Lipinski definition) is 0. The van der Waals surface area contributed by atoms with Gasteiger partial charge in [-0.2, -0.15) is 0 Å². The Labute approximate surface area is 177 Å². The van der Waals surface area contributed by atoms with Crippen molar-refractivity contribution < 1.29 is 32.6 Å². The normalized spacial score (nSPS) is 11.9. The number of benzene rings is 2. The van der Waals surface area contributed by atoms with Gasteiger partial charge in [-0.15, -0.1) is 0 Å². The molecule has 0 fully saturated rings. The molecule has 9 heteroatoms. The minimum atomic E-state index is -1.02. The molecule has 0 aromatic heterocycles. The molecule has 0 amide bonds. The summed E-state index contributed by atoms with van der Waals surface area (Å²) in [6, 6.07) is 8.28. The highest BCUT2D eigenvalue weighted by atomic mass is 35.5. The maximum atomic E-state index is 13.6. The van der Waals surface area contributed by atoms with E-state index in [9.17, 15) is 13.6 Å². The van der Waals surface area contributed by atoms with Gasteiger partial charge in [0, 0.05) is 28.8 Å². The molecule has 0 heterocycles. The van der Waals surface area contributed by atoms with Crippen molar-refractivity contribution in [3.63, 3.8) is 0 Å². The van der Waals surface area contributed by atoms with Crippen molar-refractivity contribution in [2.75, 3.05) is 27.9 Å². The fourth-order valence-electron chi connectivity index (χ4n) is 2.56. The van der Waals surface area contributed by atoms with Gasteiger partial charge in [0.15, 0.2) is 11.6 Å². The third-order valence-electron chi connectivity index (χ3n) is 3.97. The molecule has 6 nitrogen and oxygen atoms in total. The van der Waals surface area contributed by atoms with Crippen LogP contribution in [-0.2, 0) is 30.4 Å². The number of ether oxygens (including phenoxy) is 3. The highest BCUT2D eigenvalue weighted by molar-refractivity contribution is 6.32. The topological polar surface area (TPSA) is 66.4 Å². The maximum Gasteiger partial charge on any atom is 0.341 e.